The van der Waals surface area contributed by atoms with Gasteiger partial charge in [-0.15, -0.1) is 11.8 Å². The smallest absolute Gasteiger partial charge is 0.329 e. The van der Waals surface area contributed by atoms with Gasteiger partial charge in [-0.3, -0.25) is 0 Å². The van der Waals surface area contributed by atoms with Crippen LogP contribution in [0.3, 0.4) is 0 Å². The number of rotatable bonds is 4. The lowest BCUT2D eigenvalue weighted by atomic mass is 9.98. The molecule has 1 fully saturated rings. The molecule has 6 heteroatoms. The van der Waals surface area contributed by atoms with Crippen molar-refractivity contribution in [2.45, 2.75) is 36.1 Å². The van der Waals surface area contributed by atoms with Crippen LogP contribution in [0.2, 0.25) is 0 Å². The highest BCUT2D eigenvalue weighted by molar-refractivity contribution is 7.98. The normalized spacial score (nSPS) is 16.6. The molecule has 2 rings (SSSR count). The average molecular weight is 294 g/mol. The molecule has 0 atom stereocenters. The minimum atomic E-state index is -1.11. The Morgan fingerprint density at radius 3 is 2.30 bits per heavy atom. The fraction of sp³-hybridized carbons (Fsp3) is 0.429. The van der Waals surface area contributed by atoms with Crippen LogP contribution in [0.5, 0.6) is 0 Å². The lowest BCUT2D eigenvalue weighted by Gasteiger charge is -2.25. The van der Waals surface area contributed by atoms with E-state index in [-0.39, 0.29) is 0 Å². The first-order valence-electron chi connectivity index (χ1n) is 6.52. The first-order chi connectivity index (χ1) is 9.55. The van der Waals surface area contributed by atoms with Gasteiger partial charge in [0.05, 0.1) is 0 Å². The summed E-state index contributed by atoms with van der Waals surface area (Å²) in [6.45, 7) is 0. The third-order valence-electron chi connectivity index (χ3n) is 3.57. The molecule has 1 aromatic rings. The summed E-state index contributed by atoms with van der Waals surface area (Å²) >= 11 is 1.62. The van der Waals surface area contributed by atoms with Crippen molar-refractivity contribution in [1.82, 2.24) is 5.32 Å². The van der Waals surface area contributed by atoms with Gasteiger partial charge in [0.1, 0.15) is 5.54 Å². The fourth-order valence-electron chi connectivity index (χ4n) is 2.42. The van der Waals surface area contributed by atoms with Gasteiger partial charge in [-0.2, -0.15) is 0 Å². The summed E-state index contributed by atoms with van der Waals surface area (Å²) in [5, 5.41) is 14.6. The Balaban J connectivity index is 1.99. The van der Waals surface area contributed by atoms with Crippen LogP contribution >= 0.6 is 11.8 Å². The van der Waals surface area contributed by atoms with Crippen LogP contribution in [0.25, 0.3) is 0 Å². The first-order valence-corrected chi connectivity index (χ1v) is 7.75. The molecule has 0 aromatic heterocycles. The van der Waals surface area contributed by atoms with Crippen molar-refractivity contribution in [3.63, 3.8) is 0 Å². The second kappa shape index (κ2) is 6.17. The number of benzene rings is 1. The highest BCUT2D eigenvalue weighted by atomic mass is 32.2. The number of carboxylic acids is 1. The molecule has 20 heavy (non-hydrogen) atoms. The second-order valence-corrected chi connectivity index (χ2v) is 5.78. The van der Waals surface area contributed by atoms with Crippen LogP contribution in [-0.4, -0.2) is 28.9 Å². The molecule has 5 nitrogen and oxygen atoms in total. The number of amides is 2. The first kappa shape index (κ1) is 14.7. The van der Waals surface area contributed by atoms with E-state index in [4.69, 9.17) is 0 Å². The molecule has 1 aromatic carbocycles. The Kier molecular flexibility index (Phi) is 4.54. The molecule has 108 valence electrons. The lowest BCUT2D eigenvalue weighted by Crippen LogP contribution is -2.53. The number of hydrogen-bond donors (Lipinski definition) is 3. The van der Waals surface area contributed by atoms with Crippen LogP contribution in [0.4, 0.5) is 10.5 Å². The zero-order valence-electron chi connectivity index (χ0n) is 11.3. The fourth-order valence-corrected chi connectivity index (χ4v) is 2.83. The Morgan fingerprint density at radius 1 is 1.20 bits per heavy atom. The number of thioether (sulfide) groups is 1. The van der Waals surface area contributed by atoms with Crippen molar-refractivity contribution in [3.05, 3.63) is 24.3 Å². The molecule has 0 unspecified atom stereocenters. The van der Waals surface area contributed by atoms with E-state index < -0.39 is 17.5 Å². The molecular weight excluding hydrogens is 276 g/mol. The third kappa shape index (κ3) is 3.25. The summed E-state index contributed by atoms with van der Waals surface area (Å²) in [6.07, 6.45) is 4.61. The summed E-state index contributed by atoms with van der Waals surface area (Å²) < 4.78 is 0. The topological polar surface area (TPSA) is 78.4 Å². The minimum Gasteiger partial charge on any atom is -0.480 e. The maximum atomic E-state index is 11.9. The van der Waals surface area contributed by atoms with Crippen molar-refractivity contribution >= 4 is 29.4 Å². The molecule has 1 aliphatic carbocycles. The van der Waals surface area contributed by atoms with Crippen LogP contribution in [0.15, 0.2) is 29.2 Å². The summed E-state index contributed by atoms with van der Waals surface area (Å²) in [7, 11) is 0. The monoisotopic (exact) mass is 294 g/mol. The molecule has 0 bridgehead atoms. The summed E-state index contributed by atoms with van der Waals surface area (Å²) in [6, 6.07) is 6.94. The van der Waals surface area contributed by atoms with E-state index in [0.717, 1.165) is 17.7 Å². The molecule has 0 radical (unpaired) electrons. The van der Waals surface area contributed by atoms with Crippen molar-refractivity contribution in [2.75, 3.05) is 11.6 Å². The van der Waals surface area contributed by atoms with Crippen LogP contribution in [0.1, 0.15) is 25.7 Å². The number of urea groups is 1. The average Bonchev–Trinajstić information content (AvgIpc) is 2.89. The van der Waals surface area contributed by atoms with E-state index in [0.29, 0.717) is 18.5 Å². The van der Waals surface area contributed by atoms with Gasteiger partial charge in [0.15, 0.2) is 0 Å². The highest BCUT2D eigenvalue weighted by Crippen LogP contribution is 2.30. The molecule has 0 saturated heterocycles. The van der Waals surface area contributed by atoms with Crippen molar-refractivity contribution in [2.24, 2.45) is 0 Å². The largest absolute Gasteiger partial charge is 0.480 e. The maximum Gasteiger partial charge on any atom is 0.329 e. The Bertz CT molecular complexity index is 496. The highest BCUT2D eigenvalue weighted by Gasteiger charge is 2.42. The molecule has 0 aliphatic heterocycles. The number of hydrogen-bond acceptors (Lipinski definition) is 3. The van der Waals surface area contributed by atoms with Gasteiger partial charge in [0.2, 0.25) is 0 Å². The van der Waals surface area contributed by atoms with Crippen LogP contribution < -0.4 is 10.6 Å². The molecule has 2 amide bonds. The molecule has 3 N–H and O–H groups in total. The zero-order chi connectivity index (χ0) is 14.6. The van der Waals surface area contributed by atoms with Gasteiger partial charge in [-0.25, -0.2) is 9.59 Å². The number of aliphatic carboxylic acids is 1. The van der Waals surface area contributed by atoms with Crippen molar-refractivity contribution in [1.29, 1.82) is 0 Å². The van der Waals surface area contributed by atoms with Gasteiger partial charge in [-0.05, 0) is 43.4 Å². The molecular formula is C14H18N2O3S. The summed E-state index contributed by atoms with van der Waals surface area (Å²) in [4.78, 5) is 24.4. The Hall–Kier alpha value is -1.69. The third-order valence-corrected chi connectivity index (χ3v) is 4.31. The van der Waals surface area contributed by atoms with E-state index in [9.17, 15) is 14.7 Å². The quantitative estimate of drug-likeness (QED) is 0.746. The molecule has 0 heterocycles. The van der Waals surface area contributed by atoms with E-state index in [1.807, 2.05) is 18.4 Å². The van der Waals surface area contributed by atoms with Crippen LogP contribution in [0, 0.1) is 0 Å². The van der Waals surface area contributed by atoms with Gasteiger partial charge in [-0.1, -0.05) is 12.8 Å². The predicted octanol–water partition coefficient (Wildman–Crippen LogP) is 2.93. The zero-order valence-corrected chi connectivity index (χ0v) is 12.1. The molecule has 1 aliphatic rings. The second-order valence-electron chi connectivity index (χ2n) is 4.90. The van der Waals surface area contributed by atoms with E-state index in [1.54, 1.807) is 23.9 Å². The number of carboxylic acid groups (broad SMARTS) is 1. The number of carbonyl (C=O) groups excluding carboxylic acids is 1. The van der Waals surface area contributed by atoms with E-state index in [1.165, 1.54) is 0 Å². The predicted molar refractivity (Wildman–Crippen MR) is 79.2 cm³/mol. The van der Waals surface area contributed by atoms with Gasteiger partial charge < -0.3 is 15.7 Å². The molecule has 0 spiro atoms. The SMILES string of the molecule is CSc1ccc(NC(=O)NC2(C(=O)O)CCCC2)cc1. The summed E-state index contributed by atoms with van der Waals surface area (Å²) in [5.41, 5.74) is -0.456. The summed E-state index contributed by atoms with van der Waals surface area (Å²) in [5.74, 6) is -0.956. The maximum absolute atomic E-state index is 11.9. The Morgan fingerprint density at radius 2 is 1.80 bits per heavy atom. The minimum absolute atomic E-state index is 0.466. The van der Waals surface area contributed by atoms with Gasteiger partial charge in [0.25, 0.3) is 0 Å². The Labute approximate surface area is 122 Å². The van der Waals surface area contributed by atoms with Crippen molar-refractivity contribution in [3.8, 4) is 0 Å². The molecule has 1 saturated carbocycles. The lowest BCUT2D eigenvalue weighted by molar-refractivity contribution is -0.144. The van der Waals surface area contributed by atoms with E-state index in [2.05, 4.69) is 10.6 Å². The van der Waals surface area contributed by atoms with Gasteiger partial charge >= 0.3 is 12.0 Å². The van der Waals surface area contributed by atoms with Crippen LogP contribution in [-0.2, 0) is 4.79 Å². The standard InChI is InChI=1S/C14H18N2O3S/c1-20-11-6-4-10(5-7-11)15-13(19)16-14(12(17)18)8-2-3-9-14/h4-7H,2-3,8-9H2,1H3,(H,17,18)(H2,15,16,19). The van der Waals surface area contributed by atoms with Gasteiger partial charge in [0, 0.05) is 10.6 Å². The van der Waals surface area contributed by atoms with Crippen molar-refractivity contribution < 1.29 is 14.7 Å². The number of anilines is 1. The van der Waals surface area contributed by atoms with E-state index >= 15 is 0 Å². The number of nitrogens with one attached hydrogen (secondary N) is 2. The number of carbonyl (C=O) groups is 2.